The van der Waals surface area contributed by atoms with E-state index >= 15 is 0 Å². The minimum atomic E-state index is 0.367. The predicted octanol–water partition coefficient (Wildman–Crippen LogP) is 1.96. The van der Waals surface area contributed by atoms with E-state index in [-0.39, 0.29) is 0 Å². The molecule has 7 nitrogen and oxygen atoms in total. The lowest BCUT2D eigenvalue weighted by molar-refractivity contribution is 0.313. The van der Waals surface area contributed by atoms with Crippen LogP contribution in [0.5, 0.6) is 0 Å². The van der Waals surface area contributed by atoms with Crippen LogP contribution < -0.4 is 5.32 Å². The van der Waals surface area contributed by atoms with Gasteiger partial charge in [-0.1, -0.05) is 10.4 Å². The van der Waals surface area contributed by atoms with Gasteiger partial charge < -0.3 is 9.84 Å². The summed E-state index contributed by atoms with van der Waals surface area (Å²) in [6.45, 7) is 1.84. The van der Waals surface area contributed by atoms with Gasteiger partial charge in [0.15, 0.2) is 5.69 Å². The Balaban J connectivity index is 1.62. The maximum atomic E-state index is 5.26. The Bertz CT molecular complexity index is 746. The molecule has 20 heavy (non-hydrogen) atoms. The van der Waals surface area contributed by atoms with E-state index in [2.05, 4.69) is 41.7 Å². The summed E-state index contributed by atoms with van der Waals surface area (Å²) in [5, 5.41) is 15.4. The van der Waals surface area contributed by atoms with E-state index in [1.807, 2.05) is 23.0 Å². The van der Waals surface area contributed by atoms with Crippen molar-refractivity contribution in [1.29, 1.82) is 0 Å². The molecule has 0 bridgehead atoms. The molecule has 0 radical (unpaired) electrons. The second kappa shape index (κ2) is 4.76. The molecular weight excluding hydrogens is 344 g/mol. The van der Waals surface area contributed by atoms with E-state index in [0.29, 0.717) is 23.5 Å². The first-order valence-corrected chi connectivity index (χ1v) is 7.63. The average molecular weight is 353 g/mol. The van der Waals surface area contributed by atoms with Gasteiger partial charge in [-0.05, 0) is 28.1 Å². The first-order valence-electron chi connectivity index (χ1n) is 6.02. The van der Waals surface area contributed by atoms with Crippen molar-refractivity contribution in [2.75, 3.05) is 13.1 Å². The van der Waals surface area contributed by atoms with Crippen LogP contribution in [-0.2, 0) is 0 Å². The van der Waals surface area contributed by atoms with Crippen LogP contribution in [0.1, 0.15) is 6.04 Å². The zero-order chi connectivity index (χ0) is 13.5. The van der Waals surface area contributed by atoms with Crippen LogP contribution in [0.3, 0.4) is 0 Å². The monoisotopic (exact) mass is 352 g/mol. The highest BCUT2D eigenvalue weighted by atomic mass is 79.9. The smallest absolute Gasteiger partial charge is 0.280 e. The molecule has 3 aromatic rings. The van der Waals surface area contributed by atoms with Crippen molar-refractivity contribution in [3.05, 3.63) is 22.1 Å². The number of thiophene rings is 1. The summed E-state index contributed by atoms with van der Waals surface area (Å²) in [7, 11) is 0. The van der Waals surface area contributed by atoms with E-state index in [9.17, 15) is 0 Å². The van der Waals surface area contributed by atoms with E-state index in [1.54, 1.807) is 11.3 Å². The maximum absolute atomic E-state index is 5.26. The van der Waals surface area contributed by atoms with Crippen LogP contribution in [0, 0.1) is 0 Å². The van der Waals surface area contributed by atoms with Crippen molar-refractivity contribution < 1.29 is 4.52 Å². The van der Waals surface area contributed by atoms with Gasteiger partial charge in [0, 0.05) is 13.1 Å². The van der Waals surface area contributed by atoms with Crippen LogP contribution in [0.2, 0.25) is 0 Å². The highest BCUT2D eigenvalue weighted by Gasteiger charge is 2.22. The molecule has 102 valence electrons. The molecular formula is C11H9BrN6OS. The van der Waals surface area contributed by atoms with Crippen molar-refractivity contribution in [2.45, 2.75) is 6.04 Å². The molecule has 9 heteroatoms. The zero-order valence-electron chi connectivity index (χ0n) is 10.2. The Morgan fingerprint density at radius 1 is 1.40 bits per heavy atom. The van der Waals surface area contributed by atoms with E-state index < -0.39 is 0 Å². The van der Waals surface area contributed by atoms with Gasteiger partial charge in [-0.15, -0.1) is 16.4 Å². The molecule has 0 atom stereocenters. The average Bonchev–Trinajstić information content (AvgIpc) is 3.04. The molecule has 0 amide bonds. The number of nitrogens with zero attached hydrogens (tertiary/aromatic N) is 5. The van der Waals surface area contributed by atoms with Gasteiger partial charge in [-0.3, -0.25) is 0 Å². The van der Waals surface area contributed by atoms with Gasteiger partial charge in [0.05, 0.1) is 20.9 Å². The largest absolute Gasteiger partial charge is 0.332 e. The summed E-state index contributed by atoms with van der Waals surface area (Å²) < 4.78 is 8.12. The third kappa shape index (κ3) is 2.07. The van der Waals surface area contributed by atoms with Crippen molar-refractivity contribution in [3.63, 3.8) is 0 Å². The number of hydrogen-bond acceptors (Lipinski definition) is 7. The fourth-order valence-corrected chi connectivity index (χ4v) is 3.19. The first-order chi connectivity index (χ1) is 9.79. The first kappa shape index (κ1) is 12.2. The van der Waals surface area contributed by atoms with E-state index in [4.69, 9.17) is 4.52 Å². The van der Waals surface area contributed by atoms with E-state index in [1.165, 1.54) is 0 Å². The molecule has 1 saturated heterocycles. The van der Waals surface area contributed by atoms with Gasteiger partial charge in [-0.25, -0.2) is 4.68 Å². The number of aromatic nitrogens is 5. The topological polar surface area (TPSA) is 81.7 Å². The maximum Gasteiger partial charge on any atom is 0.280 e. The van der Waals surface area contributed by atoms with Gasteiger partial charge in [0.25, 0.3) is 5.89 Å². The lowest BCUT2D eigenvalue weighted by Crippen LogP contribution is -2.43. The third-order valence-electron chi connectivity index (χ3n) is 3.08. The number of hydrogen-bond donors (Lipinski definition) is 1. The van der Waals surface area contributed by atoms with Gasteiger partial charge in [-0.2, -0.15) is 4.98 Å². The van der Waals surface area contributed by atoms with Crippen LogP contribution in [-0.4, -0.2) is 38.2 Å². The zero-order valence-corrected chi connectivity index (χ0v) is 12.6. The van der Waals surface area contributed by atoms with E-state index in [0.717, 1.165) is 21.8 Å². The van der Waals surface area contributed by atoms with Crippen LogP contribution in [0.25, 0.3) is 22.3 Å². The quantitative estimate of drug-likeness (QED) is 0.775. The van der Waals surface area contributed by atoms with Crippen LogP contribution >= 0.6 is 27.3 Å². The Labute approximate surface area is 126 Å². The fraction of sp³-hybridized carbons (Fsp3) is 0.273. The number of nitrogens with one attached hydrogen (secondary N) is 1. The lowest BCUT2D eigenvalue weighted by Gasteiger charge is -2.26. The summed E-state index contributed by atoms with van der Waals surface area (Å²) >= 11 is 4.97. The molecule has 1 fully saturated rings. The summed E-state index contributed by atoms with van der Waals surface area (Å²) in [4.78, 5) is 5.31. The predicted molar refractivity (Wildman–Crippen MR) is 76.2 cm³/mol. The third-order valence-corrected chi connectivity index (χ3v) is 4.70. The highest BCUT2D eigenvalue weighted by molar-refractivity contribution is 9.11. The van der Waals surface area contributed by atoms with Gasteiger partial charge >= 0.3 is 0 Å². The highest BCUT2D eigenvalue weighted by Crippen LogP contribution is 2.30. The normalized spacial score (nSPS) is 15.4. The standard InChI is InChI=1S/C11H9BrN6OS/c12-9-2-1-8(20-9)10-14-11(19-16-10)7-5-18(17-15-7)6-3-13-4-6/h1-2,5-6,13H,3-4H2. The Kier molecular flexibility index (Phi) is 2.90. The Hall–Kier alpha value is -1.58. The molecule has 4 rings (SSSR count). The summed E-state index contributed by atoms with van der Waals surface area (Å²) in [5.41, 5.74) is 0.603. The molecule has 0 aromatic carbocycles. The summed E-state index contributed by atoms with van der Waals surface area (Å²) in [6, 6.07) is 4.27. The lowest BCUT2D eigenvalue weighted by atomic mass is 10.2. The van der Waals surface area contributed by atoms with Crippen molar-refractivity contribution in [1.82, 2.24) is 30.5 Å². The number of halogens is 1. The molecule has 0 spiro atoms. The summed E-state index contributed by atoms with van der Waals surface area (Å²) in [5.74, 6) is 0.957. The Morgan fingerprint density at radius 2 is 2.30 bits per heavy atom. The molecule has 1 N–H and O–H groups in total. The molecule has 0 unspecified atom stereocenters. The Morgan fingerprint density at radius 3 is 3.00 bits per heavy atom. The SMILES string of the molecule is Brc1ccc(-c2noc(-c3cn(C4CNC4)nn3)n2)s1. The molecule has 1 aliphatic rings. The van der Waals surface area contributed by atoms with Crippen molar-refractivity contribution in [2.24, 2.45) is 0 Å². The van der Waals surface area contributed by atoms with Gasteiger partial charge in [0.2, 0.25) is 5.82 Å². The van der Waals surface area contributed by atoms with Crippen molar-refractivity contribution in [3.8, 4) is 22.3 Å². The van der Waals surface area contributed by atoms with Crippen LogP contribution in [0.4, 0.5) is 0 Å². The minimum Gasteiger partial charge on any atom is -0.332 e. The summed E-state index contributed by atoms with van der Waals surface area (Å²) in [6.07, 6.45) is 1.84. The van der Waals surface area contributed by atoms with Gasteiger partial charge in [0.1, 0.15) is 0 Å². The molecule has 0 saturated carbocycles. The van der Waals surface area contributed by atoms with Crippen molar-refractivity contribution >= 4 is 27.3 Å². The van der Waals surface area contributed by atoms with Crippen LogP contribution in [0.15, 0.2) is 26.6 Å². The fourth-order valence-electron chi connectivity index (χ4n) is 1.88. The second-order valence-corrected chi connectivity index (χ2v) is 6.89. The molecule has 0 aliphatic carbocycles. The molecule has 3 aromatic heterocycles. The molecule has 1 aliphatic heterocycles. The minimum absolute atomic E-state index is 0.367. The molecule has 4 heterocycles. The second-order valence-electron chi connectivity index (χ2n) is 4.42. The number of rotatable bonds is 3.